The number of hydrogen-bond acceptors (Lipinski definition) is 3. The summed E-state index contributed by atoms with van der Waals surface area (Å²) >= 11 is 5.67. The van der Waals surface area contributed by atoms with Crippen LogP contribution in [-0.4, -0.2) is 16.3 Å². The first-order valence-corrected chi connectivity index (χ1v) is 3.60. The van der Waals surface area contributed by atoms with Gasteiger partial charge in [0.2, 0.25) is 0 Å². The number of pyridine rings is 1. The Hall–Kier alpha value is -0.640. The van der Waals surface area contributed by atoms with E-state index in [1.807, 2.05) is 0 Å². The highest BCUT2D eigenvalue weighted by atomic mass is 35.5. The lowest BCUT2D eigenvalue weighted by Crippen LogP contribution is -2.21. The molecule has 60 valence electrons. The second-order valence-corrected chi connectivity index (χ2v) is 2.67. The van der Waals surface area contributed by atoms with Gasteiger partial charge in [-0.25, -0.2) is 0 Å². The summed E-state index contributed by atoms with van der Waals surface area (Å²) in [6.45, 7) is 0. The number of aromatic nitrogens is 1. The molecule has 1 heterocycles. The first-order chi connectivity index (χ1) is 5.18. The first-order valence-electron chi connectivity index (χ1n) is 3.22. The zero-order valence-corrected chi connectivity index (χ0v) is 6.62. The summed E-state index contributed by atoms with van der Waals surface area (Å²) in [4.78, 5) is 3.96. The monoisotopic (exact) mass is 172 g/mol. The molecule has 0 saturated heterocycles. The van der Waals surface area contributed by atoms with Crippen LogP contribution in [0.3, 0.4) is 0 Å². The van der Waals surface area contributed by atoms with Gasteiger partial charge in [0.25, 0.3) is 0 Å². The van der Waals surface area contributed by atoms with Crippen molar-refractivity contribution in [3.05, 3.63) is 29.0 Å². The maximum absolute atomic E-state index is 8.79. The Bertz CT molecular complexity index is 240. The van der Waals surface area contributed by atoms with Crippen LogP contribution >= 0.6 is 11.6 Å². The fraction of sp³-hybridized carbons (Fsp3) is 0.286. The van der Waals surface area contributed by atoms with E-state index in [0.717, 1.165) is 0 Å². The zero-order valence-electron chi connectivity index (χ0n) is 5.87. The van der Waals surface area contributed by atoms with Gasteiger partial charge in [-0.05, 0) is 12.1 Å². The van der Waals surface area contributed by atoms with E-state index in [4.69, 9.17) is 22.4 Å². The first kappa shape index (κ1) is 8.46. The van der Waals surface area contributed by atoms with E-state index in [0.29, 0.717) is 17.1 Å². The van der Waals surface area contributed by atoms with Gasteiger partial charge in [0.05, 0.1) is 0 Å². The van der Waals surface area contributed by atoms with Crippen LogP contribution in [0, 0.1) is 0 Å². The molecule has 0 saturated carbocycles. The van der Waals surface area contributed by atoms with Crippen LogP contribution in [0.5, 0.6) is 0 Å². The molecule has 0 fully saturated rings. The quantitative estimate of drug-likeness (QED) is 0.641. The van der Waals surface area contributed by atoms with Gasteiger partial charge < -0.3 is 10.8 Å². The third kappa shape index (κ3) is 2.84. The summed E-state index contributed by atoms with van der Waals surface area (Å²) in [7, 11) is 0. The highest BCUT2D eigenvalue weighted by Crippen LogP contribution is 2.08. The molecule has 1 aromatic heterocycles. The summed E-state index contributed by atoms with van der Waals surface area (Å²) in [5.74, 6) is 0. The molecule has 4 heteroatoms. The number of nitrogens with two attached hydrogens (primary N) is 1. The van der Waals surface area contributed by atoms with E-state index in [-0.39, 0.29) is 0 Å². The summed E-state index contributed by atoms with van der Waals surface area (Å²) in [6.07, 6.45) is 1.06. The Morgan fingerprint density at radius 2 is 2.45 bits per heavy atom. The Labute approximate surface area is 69.8 Å². The third-order valence-corrected chi connectivity index (χ3v) is 1.43. The van der Waals surface area contributed by atoms with E-state index < -0.39 is 6.23 Å². The van der Waals surface area contributed by atoms with Gasteiger partial charge in [-0.3, -0.25) is 4.98 Å². The molecule has 0 spiro atoms. The van der Waals surface area contributed by atoms with Crippen molar-refractivity contribution in [3.63, 3.8) is 0 Å². The standard InChI is InChI=1S/C7H9ClN2O/c8-5-1-2-10-6(3-5)4-7(9)11/h1-3,7,11H,4,9H2. The van der Waals surface area contributed by atoms with Crippen LogP contribution in [0.15, 0.2) is 18.3 Å². The fourth-order valence-electron chi connectivity index (χ4n) is 0.775. The number of nitrogens with zero attached hydrogens (tertiary/aromatic N) is 1. The predicted octanol–water partition coefficient (Wildman–Crippen LogP) is 0.555. The second kappa shape index (κ2) is 3.67. The molecule has 0 radical (unpaired) electrons. The van der Waals surface area contributed by atoms with Crippen molar-refractivity contribution < 1.29 is 5.11 Å². The number of hydrogen-bond donors (Lipinski definition) is 2. The molecule has 3 nitrogen and oxygen atoms in total. The highest BCUT2D eigenvalue weighted by Gasteiger charge is 1.99. The summed E-state index contributed by atoms with van der Waals surface area (Å²) in [5, 5.41) is 9.40. The van der Waals surface area contributed by atoms with E-state index >= 15 is 0 Å². The summed E-state index contributed by atoms with van der Waals surface area (Å²) < 4.78 is 0. The SMILES string of the molecule is NC(O)Cc1cc(Cl)ccn1. The highest BCUT2D eigenvalue weighted by molar-refractivity contribution is 6.30. The summed E-state index contributed by atoms with van der Waals surface area (Å²) in [6, 6.07) is 3.35. The van der Waals surface area contributed by atoms with Crippen LogP contribution in [0.1, 0.15) is 5.69 Å². The molecule has 0 aliphatic heterocycles. The Morgan fingerprint density at radius 3 is 3.00 bits per heavy atom. The van der Waals surface area contributed by atoms with Crippen molar-refractivity contribution in [3.8, 4) is 0 Å². The maximum Gasteiger partial charge on any atom is 0.108 e. The van der Waals surface area contributed by atoms with E-state index in [1.54, 1.807) is 18.3 Å². The minimum Gasteiger partial charge on any atom is -0.378 e. The van der Waals surface area contributed by atoms with Crippen LogP contribution in [0.4, 0.5) is 0 Å². The van der Waals surface area contributed by atoms with Gasteiger partial charge in [-0.1, -0.05) is 11.6 Å². The topological polar surface area (TPSA) is 59.1 Å². The van der Waals surface area contributed by atoms with E-state index in [2.05, 4.69) is 4.98 Å². The van der Waals surface area contributed by atoms with Crippen molar-refractivity contribution in [1.82, 2.24) is 4.98 Å². The largest absolute Gasteiger partial charge is 0.378 e. The molecule has 1 rings (SSSR count). The normalized spacial score (nSPS) is 13.0. The average Bonchev–Trinajstić information content (AvgIpc) is 1.85. The third-order valence-electron chi connectivity index (χ3n) is 1.20. The van der Waals surface area contributed by atoms with Crippen molar-refractivity contribution in [2.24, 2.45) is 5.73 Å². The van der Waals surface area contributed by atoms with E-state index in [9.17, 15) is 0 Å². The zero-order chi connectivity index (χ0) is 8.27. The van der Waals surface area contributed by atoms with Gasteiger partial charge in [0, 0.05) is 23.3 Å². The van der Waals surface area contributed by atoms with Gasteiger partial charge >= 0.3 is 0 Å². The molecular weight excluding hydrogens is 164 g/mol. The van der Waals surface area contributed by atoms with Crippen molar-refractivity contribution in [2.45, 2.75) is 12.6 Å². The Morgan fingerprint density at radius 1 is 1.73 bits per heavy atom. The molecule has 0 amide bonds. The van der Waals surface area contributed by atoms with Crippen LogP contribution in [0.2, 0.25) is 5.02 Å². The molecule has 1 atom stereocenters. The summed E-state index contributed by atoms with van der Waals surface area (Å²) in [5.41, 5.74) is 5.85. The smallest absolute Gasteiger partial charge is 0.108 e. The van der Waals surface area contributed by atoms with Crippen molar-refractivity contribution in [1.29, 1.82) is 0 Å². The van der Waals surface area contributed by atoms with Gasteiger partial charge in [-0.15, -0.1) is 0 Å². The molecule has 1 unspecified atom stereocenters. The van der Waals surface area contributed by atoms with Gasteiger partial charge in [0.1, 0.15) is 6.23 Å². The lowest BCUT2D eigenvalue weighted by atomic mass is 10.2. The molecule has 0 aliphatic rings. The lowest BCUT2D eigenvalue weighted by molar-refractivity contribution is 0.181. The van der Waals surface area contributed by atoms with Crippen molar-refractivity contribution >= 4 is 11.6 Å². The molecule has 0 aliphatic carbocycles. The van der Waals surface area contributed by atoms with Gasteiger partial charge in [-0.2, -0.15) is 0 Å². The van der Waals surface area contributed by atoms with Crippen LogP contribution in [0.25, 0.3) is 0 Å². The number of aliphatic hydroxyl groups excluding tert-OH is 1. The Balaban J connectivity index is 2.71. The van der Waals surface area contributed by atoms with Crippen molar-refractivity contribution in [2.75, 3.05) is 0 Å². The van der Waals surface area contributed by atoms with E-state index in [1.165, 1.54) is 0 Å². The minimum absolute atomic E-state index is 0.334. The molecule has 3 N–H and O–H groups in total. The van der Waals surface area contributed by atoms with Crippen LogP contribution < -0.4 is 5.73 Å². The maximum atomic E-state index is 8.79. The molecule has 1 aromatic rings. The number of halogens is 1. The Kier molecular flexibility index (Phi) is 2.82. The number of aliphatic hydroxyl groups is 1. The molecular formula is C7H9ClN2O. The second-order valence-electron chi connectivity index (χ2n) is 2.24. The fourth-order valence-corrected chi connectivity index (χ4v) is 0.957. The lowest BCUT2D eigenvalue weighted by Gasteiger charge is -2.02. The predicted molar refractivity (Wildman–Crippen MR) is 43.1 cm³/mol. The molecule has 11 heavy (non-hydrogen) atoms. The number of rotatable bonds is 2. The van der Waals surface area contributed by atoms with Crippen LogP contribution in [-0.2, 0) is 6.42 Å². The molecule has 0 aromatic carbocycles. The van der Waals surface area contributed by atoms with Gasteiger partial charge in [0.15, 0.2) is 0 Å². The molecule has 0 bridgehead atoms. The minimum atomic E-state index is -0.860. The average molecular weight is 173 g/mol.